The van der Waals surface area contributed by atoms with Gasteiger partial charge >= 0.3 is 0 Å². The maximum atomic E-state index is 6.07. The Bertz CT molecular complexity index is 470. The molecule has 0 aliphatic heterocycles. The van der Waals surface area contributed by atoms with Gasteiger partial charge in [-0.2, -0.15) is 0 Å². The average molecular weight is 439 g/mol. The highest BCUT2D eigenvalue weighted by atomic mass is 35.5. The van der Waals surface area contributed by atoms with Crippen molar-refractivity contribution >= 4 is 23.2 Å². The number of hydrogen-bond acceptors (Lipinski definition) is 6. The SMILES string of the molecule is CCOCCOCCOc1cc(CCl)c(OCCOCCOCC)cc1CCl. The molecule has 0 amide bonds. The minimum Gasteiger partial charge on any atom is -0.491 e. The third-order valence-electron chi connectivity index (χ3n) is 3.65. The smallest absolute Gasteiger partial charge is 0.124 e. The molecule has 0 bridgehead atoms. The molecule has 0 spiro atoms. The summed E-state index contributed by atoms with van der Waals surface area (Å²) in [6.45, 7) is 9.34. The second-order valence-electron chi connectivity index (χ2n) is 5.65. The number of hydrogen-bond donors (Lipinski definition) is 0. The first kappa shape index (κ1) is 25.3. The molecule has 1 aromatic rings. The Morgan fingerprint density at radius 2 is 0.929 bits per heavy atom. The fourth-order valence-electron chi connectivity index (χ4n) is 2.27. The van der Waals surface area contributed by atoms with E-state index in [1.54, 1.807) is 0 Å². The first-order chi connectivity index (χ1) is 13.8. The van der Waals surface area contributed by atoms with Crippen molar-refractivity contribution < 1.29 is 28.4 Å². The van der Waals surface area contributed by atoms with Crippen LogP contribution in [0, 0.1) is 0 Å². The lowest BCUT2D eigenvalue weighted by Gasteiger charge is -2.16. The highest BCUT2D eigenvalue weighted by molar-refractivity contribution is 6.18. The molecular weight excluding hydrogens is 407 g/mol. The van der Waals surface area contributed by atoms with Crippen LogP contribution in [0.2, 0.25) is 0 Å². The van der Waals surface area contributed by atoms with Crippen LogP contribution in [0.1, 0.15) is 25.0 Å². The summed E-state index contributed by atoms with van der Waals surface area (Å²) < 4.78 is 33.0. The van der Waals surface area contributed by atoms with E-state index in [2.05, 4.69) is 0 Å². The minimum absolute atomic E-state index is 0.310. The Balaban J connectivity index is 2.46. The van der Waals surface area contributed by atoms with Crippen LogP contribution >= 0.6 is 23.2 Å². The van der Waals surface area contributed by atoms with Crippen LogP contribution in [-0.2, 0) is 30.7 Å². The molecule has 0 aliphatic rings. The molecule has 0 radical (unpaired) electrons. The summed E-state index contributed by atoms with van der Waals surface area (Å²) in [5.74, 6) is 2.01. The minimum atomic E-state index is 0.310. The maximum Gasteiger partial charge on any atom is 0.124 e. The number of halogens is 2. The van der Waals surface area contributed by atoms with Crippen molar-refractivity contribution in [3.63, 3.8) is 0 Å². The fraction of sp³-hybridized carbons (Fsp3) is 0.700. The largest absolute Gasteiger partial charge is 0.491 e. The van der Waals surface area contributed by atoms with Gasteiger partial charge in [0.15, 0.2) is 0 Å². The van der Waals surface area contributed by atoms with E-state index in [-0.39, 0.29) is 0 Å². The van der Waals surface area contributed by atoms with Gasteiger partial charge in [-0.3, -0.25) is 0 Å². The third-order valence-corrected chi connectivity index (χ3v) is 4.23. The first-order valence-electron chi connectivity index (χ1n) is 9.61. The zero-order valence-corrected chi connectivity index (χ0v) is 18.4. The van der Waals surface area contributed by atoms with Gasteiger partial charge in [0.25, 0.3) is 0 Å². The summed E-state index contributed by atoms with van der Waals surface area (Å²) in [5, 5.41) is 0. The van der Waals surface area contributed by atoms with Crippen molar-refractivity contribution in [2.24, 2.45) is 0 Å². The van der Waals surface area contributed by atoms with Crippen molar-refractivity contribution in [3.8, 4) is 11.5 Å². The van der Waals surface area contributed by atoms with E-state index in [1.807, 2.05) is 26.0 Å². The number of benzene rings is 1. The normalized spacial score (nSPS) is 11.0. The van der Waals surface area contributed by atoms with Crippen LogP contribution in [0.4, 0.5) is 0 Å². The number of rotatable bonds is 18. The summed E-state index contributed by atoms with van der Waals surface area (Å²) >= 11 is 12.1. The van der Waals surface area contributed by atoms with E-state index in [4.69, 9.17) is 51.6 Å². The number of alkyl halides is 2. The lowest BCUT2D eigenvalue weighted by Crippen LogP contribution is -2.12. The third kappa shape index (κ3) is 10.7. The van der Waals surface area contributed by atoms with Crippen LogP contribution in [0.5, 0.6) is 11.5 Å². The molecule has 28 heavy (non-hydrogen) atoms. The fourth-order valence-corrected chi connectivity index (χ4v) is 2.69. The lowest BCUT2D eigenvalue weighted by atomic mass is 10.1. The van der Waals surface area contributed by atoms with E-state index < -0.39 is 0 Å². The van der Waals surface area contributed by atoms with Crippen LogP contribution in [0.3, 0.4) is 0 Å². The van der Waals surface area contributed by atoms with E-state index in [9.17, 15) is 0 Å². The summed E-state index contributed by atoms with van der Waals surface area (Å²) in [6.07, 6.45) is 0. The second-order valence-corrected chi connectivity index (χ2v) is 6.18. The average Bonchev–Trinajstić information content (AvgIpc) is 2.72. The molecule has 0 saturated carbocycles. The van der Waals surface area contributed by atoms with Crippen LogP contribution in [0.15, 0.2) is 12.1 Å². The molecule has 1 aromatic carbocycles. The van der Waals surface area contributed by atoms with Gasteiger partial charge in [0.1, 0.15) is 24.7 Å². The topological polar surface area (TPSA) is 55.4 Å². The molecule has 0 fully saturated rings. The monoisotopic (exact) mass is 438 g/mol. The van der Waals surface area contributed by atoms with Gasteiger partial charge in [-0.25, -0.2) is 0 Å². The highest BCUT2D eigenvalue weighted by Crippen LogP contribution is 2.31. The molecule has 6 nitrogen and oxygen atoms in total. The Hall–Kier alpha value is -0.760. The molecule has 0 N–H and O–H groups in total. The van der Waals surface area contributed by atoms with E-state index in [1.165, 1.54) is 0 Å². The van der Waals surface area contributed by atoms with E-state index >= 15 is 0 Å². The molecule has 0 aromatic heterocycles. The molecule has 0 saturated heterocycles. The van der Waals surface area contributed by atoms with Crippen molar-refractivity contribution in [2.75, 3.05) is 66.1 Å². The van der Waals surface area contributed by atoms with Crippen molar-refractivity contribution in [2.45, 2.75) is 25.6 Å². The summed E-state index contributed by atoms with van der Waals surface area (Å²) in [7, 11) is 0. The zero-order chi connectivity index (χ0) is 20.5. The second kappa shape index (κ2) is 17.1. The van der Waals surface area contributed by atoms with Crippen LogP contribution < -0.4 is 9.47 Å². The Morgan fingerprint density at radius 3 is 1.29 bits per heavy atom. The number of ether oxygens (including phenoxy) is 6. The summed E-state index contributed by atoms with van der Waals surface area (Å²) in [6, 6.07) is 3.74. The molecule has 162 valence electrons. The first-order valence-corrected chi connectivity index (χ1v) is 10.7. The summed E-state index contributed by atoms with van der Waals surface area (Å²) in [4.78, 5) is 0. The van der Waals surface area contributed by atoms with E-state index in [0.29, 0.717) is 89.3 Å². The molecule has 8 heteroatoms. The maximum absolute atomic E-state index is 6.07. The molecule has 0 atom stereocenters. The summed E-state index contributed by atoms with van der Waals surface area (Å²) in [5.41, 5.74) is 1.69. The van der Waals surface area contributed by atoms with Crippen molar-refractivity contribution in [1.29, 1.82) is 0 Å². The Kier molecular flexibility index (Phi) is 15.5. The van der Waals surface area contributed by atoms with Crippen molar-refractivity contribution in [3.05, 3.63) is 23.3 Å². The van der Waals surface area contributed by atoms with Gasteiger partial charge in [-0.1, -0.05) is 0 Å². The molecular formula is C20H32Cl2O6. The van der Waals surface area contributed by atoms with Crippen molar-refractivity contribution in [1.82, 2.24) is 0 Å². The van der Waals surface area contributed by atoms with Crippen LogP contribution in [-0.4, -0.2) is 66.1 Å². The molecule has 0 unspecified atom stereocenters. The highest BCUT2D eigenvalue weighted by Gasteiger charge is 2.12. The van der Waals surface area contributed by atoms with Gasteiger partial charge in [0.2, 0.25) is 0 Å². The predicted molar refractivity (Wildman–Crippen MR) is 111 cm³/mol. The predicted octanol–water partition coefficient (Wildman–Crippen LogP) is 4.03. The van der Waals surface area contributed by atoms with Crippen LogP contribution in [0.25, 0.3) is 0 Å². The van der Waals surface area contributed by atoms with Gasteiger partial charge < -0.3 is 28.4 Å². The van der Waals surface area contributed by atoms with Gasteiger partial charge in [-0.05, 0) is 26.0 Å². The standard InChI is InChI=1S/C20H32Cl2O6/c1-3-23-5-7-25-9-11-27-19-13-18(16-22)20(14-17(19)15-21)28-12-10-26-8-6-24-4-2/h13-14H,3-12,15-16H2,1-2H3. The van der Waals surface area contributed by atoms with E-state index in [0.717, 1.165) is 11.1 Å². The lowest BCUT2D eigenvalue weighted by molar-refractivity contribution is 0.0399. The Labute approximate surface area is 178 Å². The van der Waals surface area contributed by atoms with Gasteiger partial charge in [-0.15, -0.1) is 23.2 Å². The molecule has 1 rings (SSSR count). The zero-order valence-electron chi connectivity index (χ0n) is 16.8. The molecule has 0 aliphatic carbocycles. The quantitative estimate of drug-likeness (QED) is 0.254. The van der Waals surface area contributed by atoms with Gasteiger partial charge in [0.05, 0.1) is 51.4 Å². The molecule has 0 heterocycles. The Morgan fingerprint density at radius 1 is 0.571 bits per heavy atom. The van der Waals surface area contributed by atoms with Gasteiger partial charge in [0, 0.05) is 24.3 Å².